The molecule has 2 aliphatic rings. The summed E-state index contributed by atoms with van der Waals surface area (Å²) in [6, 6.07) is 4.39. The number of benzene rings is 1. The predicted molar refractivity (Wildman–Crippen MR) is 116 cm³/mol. The molecule has 1 aromatic carbocycles. The van der Waals surface area contributed by atoms with E-state index in [1.807, 2.05) is 0 Å². The van der Waals surface area contributed by atoms with Crippen LogP contribution in [0.4, 0.5) is 13.2 Å². The highest BCUT2D eigenvalue weighted by atomic mass is 32.1. The molecule has 3 N–H and O–H groups in total. The van der Waals surface area contributed by atoms with Gasteiger partial charge in [0, 0.05) is 30.9 Å². The van der Waals surface area contributed by atoms with Crippen molar-refractivity contribution in [2.24, 2.45) is 0 Å². The number of carbonyl (C=O) groups excluding carboxylic acids is 2. The molecule has 1 aliphatic heterocycles. The van der Waals surface area contributed by atoms with Crippen molar-refractivity contribution in [1.29, 1.82) is 0 Å². The van der Waals surface area contributed by atoms with E-state index in [0.717, 1.165) is 35.9 Å². The van der Waals surface area contributed by atoms with Crippen molar-refractivity contribution in [1.82, 2.24) is 20.5 Å². The highest BCUT2D eigenvalue weighted by Crippen LogP contribution is 2.40. The average Bonchev–Trinajstić information content (AvgIpc) is 3.31. The zero-order chi connectivity index (χ0) is 23.6. The Morgan fingerprint density at radius 3 is 2.61 bits per heavy atom. The van der Waals surface area contributed by atoms with Gasteiger partial charge in [-0.25, -0.2) is 0 Å². The standard InChI is InChI=1S/C22H25F3N4O3S/c23-22(24,25)15-3-1-2-14(8-15)20(31)27-10-19(30)28-16-11-29(12-16)17-4-6-21(32,7-5-17)18-9-26-13-33-18/h1-3,8-9,13,16-17,32H,4-7,10-12H2,(H,27,31)(H,28,30)/t17-,21+. The molecular weight excluding hydrogens is 457 g/mol. The fraction of sp³-hybridized carbons (Fsp3) is 0.500. The Kier molecular flexibility index (Phi) is 6.73. The maximum absolute atomic E-state index is 12.8. The van der Waals surface area contributed by atoms with Gasteiger partial charge in [0.15, 0.2) is 0 Å². The first-order chi connectivity index (χ1) is 15.6. The third-order valence-electron chi connectivity index (χ3n) is 6.33. The second-order valence-corrected chi connectivity index (χ2v) is 9.49. The number of nitrogens with one attached hydrogen (secondary N) is 2. The van der Waals surface area contributed by atoms with Crippen molar-refractivity contribution < 1.29 is 27.9 Å². The molecule has 178 valence electrons. The number of thiazole rings is 1. The molecule has 1 aliphatic carbocycles. The molecule has 33 heavy (non-hydrogen) atoms. The first-order valence-electron chi connectivity index (χ1n) is 10.7. The van der Waals surface area contributed by atoms with Gasteiger partial charge in [-0.1, -0.05) is 6.07 Å². The van der Waals surface area contributed by atoms with Gasteiger partial charge in [0.2, 0.25) is 5.91 Å². The van der Waals surface area contributed by atoms with Crippen LogP contribution in [0.5, 0.6) is 0 Å². The van der Waals surface area contributed by atoms with Crippen LogP contribution >= 0.6 is 11.3 Å². The molecule has 1 saturated heterocycles. The van der Waals surface area contributed by atoms with Crippen LogP contribution in [0.25, 0.3) is 0 Å². The van der Waals surface area contributed by atoms with Crippen LogP contribution in [0.1, 0.15) is 46.5 Å². The summed E-state index contributed by atoms with van der Waals surface area (Å²) in [5.41, 5.74) is -0.136. The molecule has 0 unspecified atom stereocenters. The van der Waals surface area contributed by atoms with Crippen molar-refractivity contribution in [3.63, 3.8) is 0 Å². The molecule has 2 amide bonds. The number of likely N-dealkylation sites (tertiary alicyclic amines) is 1. The van der Waals surface area contributed by atoms with E-state index in [4.69, 9.17) is 0 Å². The summed E-state index contributed by atoms with van der Waals surface area (Å²) < 4.78 is 38.4. The number of nitrogens with zero attached hydrogens (tertiary/aromatic N) is 2. The molecule has 0 bridgehead atoms. The molecule has 1 saturated carbocycles. The van der Waals surface area contributed by atoms with E-state index in [2.05, 4.69) is 20.5 Å². The second kappa shape index (κ2) is 9.40. The van der Waals surface area contributed by atoms with Crippen molar-refractivity contribution in [2.75, 3.05) is 19.6 Å². The molecule has 2 fully saturated rings. The minimum absolute atomic E-state index is 0.0368. The number of rotatable bonds is 6. The fourth-order valence-electron chi connectivity index (χ4n) is 4.42. The summed E-state index contributed by atoms with van der Waals surface area (Å²) in [7, 11) is 0. The number of aliphatic hydroxyl groups is 1. The summed E-state index contributed by atoms with van der Waals surface area (Å²) in [5, 5.41) is 16.0. The van der Waals surface area contributed by atoms with E-state index in [1.54, 1.807) is 11.7 Å². The van der Waals surface area contributed by atoms with Crippen LogP contribution in [-0.2, 0) is 16.6 Å². The molecule has 0 spiro atoms. The third-order valence-corrected chi connectivity index (χ3v) is 7.29. The van der Waals surface area contributed by atoms with Gasteiger partial charge in [0.05, 0.1) is 28.5 Å². The van der Waals surface area contributed by atoms with E-state index in [-0.39, 0.29) is 24.1 Å². The van der Waals surface area contributed by atoms with Gasteiger partial charge in [-0.2, -0.15) is 13.2 Å². The van der Waals surface area contributed by atoms with Gasteiger partial charge in [-0.3, -0.25) is 19.5 Å². The van der Waals surface area contributed by atoms with E-state index < -0.39 is 23.2 Å². The van der Waals surface area contributed by atoms with Crippen molar-refractivity contribution in [3.05, 3.63) is 52.0 Å². The lowest BCUT2D eigenvalue weighted by Crippen LogP contribution is -2.63. The summed E-state index contributed by atoms with van der Waals surface area (Å²) in [6.45, 7) is 1.07. The van der Waals surface area contributed by atoms with Crippen LogP contribution in [-0.4, -0.2) is 58.5 Å². The van der Waals surface area contributed by atoms with Gasteiger partial charge in [0.25, 0.3) is 5.91 Å². The van der Waals surface area contributed by atoms with Gasteiger partial charge >= 0.3 is 6.18 Å². The summed E-state index contributed by atoms with van der Waals surface area (Å²) >= 11 is 1.47. The van der Waals surface area contributed by atoms with Gasteiger partial charge in [-0.05, 0) is 43.9 Å². The van der Waals surface area contributed by atoms with Crippen molar-refractivity contribution in [2.45, 2.75) is 49.5 Å². The Morgan fingerprint density at radius 2 is 1.97 bits per heavy atom. The number of carbonyl (C=O) groups is 2. The molecule has 1 aromatic heterocycles. The number of aromatic nitrogens is 1. The van der Waals surface area contributed by atoms with Gasteiger partial charge in [0.1, 0.15) is 5.60 Å². The van der Waals surface area contributed by atoms with Crippen LogP contribution < -0.4 is 10.6 Å². The third kappa shape index (κ3) is 5.53. The number of alkyl halides is 3. The Morgan fingerprint density at radius 1 is 1.24 bits per heavy atom. The minimum atomic E-state index is -4.54. The number of amides is 2. The van der Waals surface area contributed by atoms with Crippen molar-refractivity contribution >= 4 is 23.2 Å². The zero-order valence-corrected chi connectivity index (χ0v) is 18.6. The highest BCUT2D eigenvalue weighted by Gasteiger charge is 2.41. The van der Waals surface area contributed by atoms with Crippen LogP contribution in [0, 0.1) is 0 Å². The molecule has 2 heterocycles. The smallest absolute Gasteiger partial charge is 0.384 e. The topological polar surface area (TPSA) is 94.6 Å². The lowest BCUT2D eigenvalue weighted by molar-refractivity contribution is -0.137. The first-order valence-corrected chi connectivity index (χ1v) is 11.6. The Balaban J connectivity index is 1.17. The molecule has 4 rings (SSSR count). The van der Waals surface area contributed by atoms with E-state index >= 15 is 0 Å². The highest BCUT2D eigenvalue weighted by molar-refractivity contribution is 7.09. The molecule has 2 aromatic rings. The van der Waals surface area contributed by atoms with Crippen LogP contribution in [0.2, 0.25) is 0 Å². The largest absolute Gasteiger partial charge is 0.416 e. The first kappa shape index (κ1) is 23.7. The number of hydrogen-bond acceptors (Lipinski definition) is 6. The fourth-order valence-corrected chi connectivity index (χ4v) is 5.20. The maximum Gasteiger partial charge on any atom is 0.416 e. The maximum atomic E-state index is 12.8. The number of halogens is 3. The predicted octanol–water partition coefficient (Wildman–Crippen LogP) is 2.52. The quantitative estimate of drug-likeness (QED) is 0.588. The Labute approximate surface area is 193 Å². The van der Waals surface area contributed by atoms with Crippen molar-refractivity contribution in [3.8, 4) is 0 Å². The summed E-state index contributed by atoms with van der Waals surface area (Å²) in [5.74, 6) is -1.12. The minimum Gasteiger partial charge on any atom is -0.384 e. The molecule has 0 atom stereocenters. The zero-order valence-electron chi connectivity index (χ0n) is 17.8. The molecule has 7 nitrogen and oxygen atoms in total. The van der Waals surface area contributed by atoms with Gasteiger partial charge < -0.3 is 15.7 Å². The molecule has 11 heteroatoms. The lowest BCUT2D eigenvalue weighted by Gasteiger charge is -2.48. The SMILES string of the molecule is O=C(CNC(=O)c1cccc(C(F)(F)F)c1)NC1CN([C@H]2CC[C@](O)(c3cncs3)CC2)C1. The second-order valence-electron chi connectivity index (χ2n) is 8.61. The van der Waals surface area contributed by atoms with Crippen LogP contribution in [0.15, 0.2) is 36.0 Å². The molecular formula is C22H25F3N4O3S. The summed E-state index contributed by atoms with van der Waals surface area (Å²) in [6.07, 6.45) is 0.266. The normalized spacial score (nSPS) is 24.2. The summed E-state index contributed by atoms with van der Waals surface area (Å²) in [4.78, 5) is 31.5. The average molecular weight is 483 g/mol. The van der Waals surface area contributed by atoms with E-state index in [9.17, 15) is 27.9 Å². The van der Waals surface area contributed by atoms with E-state index in [0.29, 0.717) is 32.0 Å². The van der Waals surface area contributed by atoms with Crippen LogP contribution in [0.3, 0.4) is 0 Å². The Hall–Kier alpha value is -2.50. The Bertz CT molecular complexity index is 985. The molecule has 0 radical (unpaired) electrons. The number of hydrogen-bond donors (Lipinski definition) is 3. The van der Waals surface area contributed by atoms with Gasteiger partial charge in [-0.15, -0.1) is 11.3 Å². The monoisotopic (exact) mass is 482 g/mol. The lowest BCUT2D eigenvalue weighted by atomic mass is 9.80. The van der Waals surface area contributed by atoms with E-state index in [1.165, 1.54) is 17.4 Å².